The minimum atomic E-state index is -0.449. The van der Waals surface area contributed by atoms with E-state index in [-0.39, 0.29) is 18.1 Å². The Kier molecular flexibility index (Phi) is 5.32. The minimum absolute atomic E-state index is 0.156. The van der Waals surface area contributed by atoms with E-state index < -0.39 is 5.60 Å². The van der Waals surface area contributed by atoms with Crippen molar-refractivity contribution >= 4 is 5.97 Å². The van der Waals surface area contributed by atoms with Crippen molar-refractivity contribution in [3.8, 4) is 0 Å². The molecule has 3 aliphatic rings. The van der Waals surface area contributed by atoms with Crippen LogP contribution < -0.4 is 0 Å². The van der Waals surface area contributed by atoms with Crippen LogP contribution in [0, 0.1) is 11.8 Å². The summed E-state index contributed by atoms with van der Waals surface area (Å²) >= 11 is 0. The maximum atomic E-state index is 12.6. The maximum Gasteiger partial charge on any atom is 0.335 e. The molecule has 0 unspecified atom stereocenters. The summed E-state index contributed by atoms with van der Waals surface area (Å²) in [5.41, 5.74) is 0.553. The Morgan fingerprint density at radius 2 is 2.04 bits per heavy atom. The number of fused-ring (bicyclic) bond motifs is 2. The van der Waals surface area contributed by atoms with Gasteiger partial charge in [-0.25, -0.2) is 4.79 Å². The summed E-state index contributed by atoms with van der Waals surface area (Å²) in [6, 6.07) is 0.548. The van der Waals surface area contributed by atoms with Crippen LogP contribution in [0.25, 0.3) is 0 Å². The SMILES string of the molecule is C[C@@H](CO)[C@H]1CCC[C@]12CCC[C@@H]1CC=C(C(=O)OC(C)(C)C)CN12. The zero-order chi connectivity index (χ0) is 18.2. The molecular formula is C21H35NO3. The molecule has 3 rings (SSSR count). The summed E-state index contributed by atoms with van der Waals surface area (Å²) in [4.78, 5) is 15.2. The third kappa shape index (κ3) is 3.66. The molecule has 1 saturated heterocycles. The van der Waals surface area contributed by atoms with Gasteiger partial charge in [-0.15, -0.1) is 0 Å². The number of aliphatic hydroxyl groups is 1. The third-order valence-electron chi connectivity index (χ3n) is 6.59. The molecule has 0 aromatic rings. The molecule has 1 aliphatic carbocycles. The first-order valence-electron chi connectivity index (χ1n) is 10.1. The third-order valence-corrected chi connectivity index (χ3v) is 6.59. The van der Waals surface area contributed by atoms with Crippen LogP contribution >= 0.6 is 0 Å². The van der Waals surface area contributed by atoms with Gasteiger partial charge in [-0.1, -0.05) is 25.8 Å². The molecule has 4 atom stereocenters. The highest BCUT2D eigenvalue weighted by atomic mass is 16.6. The molecule has 25 heavy (non-hydrogen) atoms. The van der Waals surface area contributed by atoms with Crippen molar-refractivity contribution in [2.45, 2.75) is 89.8 Å². The van der Waals surface area contributed by atoms with E-state index in [0.29, 0.717) is 24.4 Å². The fraction of sp³-hybridized carbons (Fsp3) is 0.857. The largest absolute Gasteiger partial charge is 0.457 e. The Morgan fingerprint density at radius 3 is 2.68 bits per heavy atom. The predicted octanol–water partition coefficient (Wildman–Crippen LogP) is 3.68. The molecule has 1 N–H and O–H groups in total. The summed E-state index contributed by atoms with van der Waals surface area (Å²) in [6.45, 7) is 8.95. The van der Waals surface area contributed by atoms with Gasteiger partial charge in [0.15, 0.2) is 0 Å². The van der Waals surface area contributed by atoms with Gasteiger partial charge in [0.1, 0.15) is 5.60 Å². The van der Waals surface area contributed by atoms with E-state index >= 15 is 0 Å². The van der Waals surface area contributed by atoms with Gasteiger partial charge >= 0.3 is 5.97 Å². The molecule has 2 fully saturated rings. The molecule has 1 saturated carbocycles. The first kappa shape index (κ1) is 18.9. The lowest BCUT2D eigenvalue weighted by Gasteiger charge is -2.55. The second kappa shape index (κ2) is 7.03. The number of carbonyl (C=O) groups is 1. The van der Waals surface area contributed by atoms with Crippen LogP contribution in [0.3, 0.4) is 0 Å². The molecule has 0 radical (unpaired) electrons. The molecule has 2 heterocycles. The summed E-state index contributed by atoms with van der Waals surface area (Å²) in [7, 11) is 0. The number of ether oxygens (including phenoxy) is 1. The van der Waals surface area contributed by atoms with Crippen LogP contribution in [0.2, 0.25) is 0 Å². The van der Waals surface area contributed by atoms with E-state index in [0.717, 1.165) is 12.0 Å². The first-order valence-corrected chi connectivity index (χ1v) is 10.1. The number of aliphatic hydroxyl groups excluding tert-OH is 1. The fourth-order valence-corrected chi connectivity index (χ4v) is 5.55. The quantitative estimate of drug-likeness (QED) is 0.790. The summed E-state index contributed by atoms with van der Waals surface area (Å²) < 4.78 is 5.63. The fourth-order valence-electron chi connectivity index (χ4n) is 5.55. The van der Waals surface area contributed by atoms with Gasteiger partial charge in [-0.3, -0.25) is 4.90 Å². The zero-order valence-corrected chi connectivity index (χ0v) is 16.4. The molecule has 142 valence electrons. The van der Waals surface area contributed by atoms with Crippen molar-refractivity contribution < 1.29 is 14.6 Å². The molecule has 0 aromatic carbocycles. The molecule has 0 aromatic heterocycles. The average molecular weight is 350 g/mol. The highest BCUT2D eigenvalue weighted by Gasteiger charge is 2.53. The van der Waals surface area contributed by atoms with Crippen LogP contribution in [0.15, 0.2) is 11.6 Å². The molecule has 4 nitrogen and oxygen atoms in total. The average Bonchev–Trinajstić information content (AvgIpc) is 2.97. The second-order valence-electron chi connectivity index (χ2n) is 9.40. The predicted molar refractivity (Wildman–Crippen MR) is 99.2 cm³/mol. The van der Waals surface area contributed by atoms with Gasteiger partial charge in [0.2, 0.25) is 0 Å². The Balaban J connectivity index is 1.83. The van der Waals surface area contributed by atoms with E-state index in [1.807, 2.05) is 20.8 Å². The number of esters is 1. The van der Waals surface area contributed by atoms with Crippen LogP contribution in [0.4, 0.5) is 0 Å². The topological polar surface area (TPSA) is 49.8 Å². The smallest absolute Gasteiger partial charge is 0.335 e. The standard InChI is InChI=1S/C21H35NO3/c1-15(14-23)18-8-6-12-21(18)11-5-7-17-10-9-16(13-22(17)21)19(24)25-20(2,3)4/h9,15,17-18,23H,5-8,10-14H2,1-4H3/t15-,17+,18+,21+/m0/s1. The van der Waals surface area contributed by atoms with Crippen molar-refractivity contribution in [3.05, 3.63) is 11.6 Å². The lowest BCUT2D eigenvalue weighted by atomic mass is 9.70. The van der Waals surface area contributed by atoms with Gasteiger partial charge in [0, 0.05) is 30.3 Å². The van der Waals surface area contributed by atoms with E-state index in [4.69, 9.17) is 4.74 Å². The Hall–Kier alpha value is -0.870. The van der Waals surface area contributed by atoms with Crippen LogP contribution in [0.1, 0.15) is 72.6 Å². The highest BCUT2D eigenvalue weighted by Crippen LogP contribution is 2.52. The van der Waals surface area contributed by atoms with Crippen molar-refractivity contribution in [1.29, 1.82) is 0 Å². The van der Waals surface area contributed by atoms with Gasteiger partial charge in [-0.05, 0) is 64.7 Å². The summed E-state index contributed by atoms with van der Waals surface area (Å²) in [5.74, 6) is 0.715. The number of nitrogens with zero attached hydrogens (tertiary/aromatic N) is 1. The number of carbonyl (C=O) groups excluding carboxylic acids is 1. The maximum absolute atomic E-state index is 12.6. The monoisotopic (exact) mass is 349 g/mol. The number of hydrogen-bond donors (Lipinski definition) is 1. The van der Waals surface area contributed by atoms with Crippen molar-refractivity contribution in [1.82, 2.24) is 4.90 Å². The summed E-state index contributed by atoms with van der Waals surface area (Å²) in [6.07, 6.45) is 10.4. The zero-order valence-electron chi connectivity index (χ0n) is 16.4. The number of piperidine rings is 1. The highest BCUT2D eigenvalue weighted by molar-refractivity contribution is 5.89. The Morgan fingerprint density at radius 1 is 1.36 bits per heavy atom. The van der Waals surface area contributed by atoms with Crippen molar-refractivity contribution in [3.63, 3.8) is 0 Å². The first-order chi connectivity index (χ1) is 11.8. The van der Waals surface area contributed by atoms with E-state index in [2.05, 4.69) is 17.9 Å². The Bertz CT molecular complexity index is 536. The second-order valence-corrected chi connectivity index (χ2v) is 9.40. The van der Waals surface area contributed by atoms with Crippen molar-refractivity contribution in [2.75, 3.05) is 13.2 Å². The molecule has 1 spiro atoms. The van der Waals surface area contributed by atoms with Gasteiger partial charge in [0.25, 0.3) is 0 Å². The van der Waals surface area contributed by atoms with Gasteiger partial charge in [0.05, 0.1) is 0 Å². The van der Waals surface area contributed by atoms with Crippen LogP contribution in [-0.4, -0.2) is 46.3 Å². The van der Waals surface area contributed by atoms with Gasteiger partial charge < -0.3 is 9.84 Å². The lowest BCUT2D eigenvalue weighted by molar-refractivity contribution is -0.151. The van der Waals surface area contributed by atoms with Gasteiger partial charge in [-0.2, -0.15) is 0 Å². The molecule has 0 bridgehead atoms. The van der Waals surface area contributed by atoms with E-state index in [1.54, 1.807) is 0 Å². The lowest BCUT2D eigenvalue weighted by Crippen LogP contribution is -2.61. The molecule has 2 aliphatic heterocycles. The molecular weight excluding hydrogens is 314 g/mol. The Labute approximate surface area is 152 Å². The minimum Gasteiger partial charge on any atom is -0.457 e. The van der Waals surface area contributed by atoms with E-state index in [9.17, 15) is 9.90 Å². The van der Waals surface area contributed by atoms with Crippen molar-refractivity contribution in [2.24, 2.45) is 11.8 Å². The number of rotatable bonds is 3. The van der Waals surface area contributed by atoms with Crippen LogP contribution in [-0.2, 0) is 9.53 Å². The summed E-state index contributed by atoms with van der Waals surface area (Å²) in [5, 5.41) is 9.77. The molecule has 0 amide bonds. The van der Waals surface area contributed by atoms with E-state index in [1.165, 1.54) is 38.5 Å². The number of hydrogen-bond acceptors (Lipinski definition) is 4. The molecule has 4 heteroatoms. The van der Waals surface area contributed by atoms with Crippen LogP contribution in [0.5, 0.6) is 0 Å². The normalized spacial score (nSPS) is 34.5.